The number of benzene rings is 1. The van der Waals surface area contributed by atoms with E-state index in [9.17, 15) is 29.1 Å². The van der Waals surface area contributed by atoms with Gasteiger partial charge in [-0.2, -0.15) is 0 Å². The van der Waals surface area contributed by atoms with Crippen molar-refractivity contribution < 1.29 is 85.9 Å². The molecule has 18 atom stereocenters. The van der Waals surface area contributed by atoms with Crippen LogP contribution in [-0.2, 0) is 89.9 Å². The molecule has 1 aromatic heterocycles. The predicted octanol–water partition coefficient (Wildman–Crippen LogP) is 7.17. The molecule has 84 heavy (non-hydrogen) atoms. The van der Waals surface area contributed by atoms with Crippen molar-refractivity contribution in [2.45, 2.75) is 232 Å². The summed E-state index contributed by atoms with van der Waals surface area (Å²) in [4.78, 5) is 71.3. The molecular weight excluding hydrogens is 1090 g/mol. The van der Waals surface area contributed by atoms with Crippen molar-refractivity contribution in [3.63, 3.8) is 0 Å². The van der Waals surface area contributed by atoms with Crippen LogP contribution in [0.4, 0.5) is 4.79 Å². The molecule has 22 heteroatoms. The first-order chi connectivity index (χ1) is 39.4. The maximum absolute atomic E-state index is 15.0. The van der Waals surface area contributed by atoms with Gasteiger partial charge in [-0.15, -0.1) is 0 Å². The van der Waals surface area contributed by atoms with Gasteiger partial charge in [0.1, 0.15) is 30.1 Å². The molecule has 0 amide bonds. The van der Waals surface area contributed by atoms with Crippen LogP contribution in [0.15, 0.2) is 35.5 Å². The van der Waals surface area contributed by atoms with E-state index in [0.717, 1.165) is 11.1 Å². The van der Waals surface area contributed by atoms with Crippen LogP contribution in [0.5, 0.6) is 0 Å². The number of carbonyl (C=O) groups excluding carboxylic acids is 4. The maximum Gasteiger partial charge on any atom is 0.509 e. The van der Waals surface area contributed by atoms with Crippen molar-refractivity contribution in [2.24, 2.45) is 17.8 Å². The van der Waals surface area contributed by atoms with E-state index in [4.69, 9.17) is 61.6 Å². The molecule has 1 aromatic carbocycles. The molecule has 4 fully saturated rings. The Bertz CT molecular complexity index is 2730. The van der Waals surface area contributed by atoms with Gasteiger partial charge in [-0.1, -0.05) is 26.8 Å². The Kier molecular flexibility index (Phi) is 21.5. The fourth-order valence-electron chi connectivity index (χ4n) is 13.4. The molecule has 2 aromatic rings. The van der Waals surface area contributed by atoms with Crippen molar-refractivity contribution in [1.82, 2.24) is 14.4 Å². The summed E-state index contributed by atoms with van der Waals surface area (Å²) in [5.41, 5.74) is -2.90. The second-order valence-corrected chi connectivity index (χ2v) is 25.3. The van der Waals surface area contributed by atoms with Crippen LogP contribution in [0.2, 0.25) is 0 Å². The molecule has 5 aliphatic rings. The zero-order valence-corrected chi connectivity index (χ0v) is 52.8. The normalized spacial score (nSPS) is 36.9. The first-order valence-corrected chi connectivity index (χ1v) is 29.8. The van der Waals surface area contributed by atoms with Crippen molar-refractivity contribution in [1.29, 1.82) is 0 Å². The number of aromatic nitrogens is 1. The van der Waals surface area contributed by atoms with Gasteiger partial charge in [-0.25, -0.2) is 9.59 Å². The van der Waals surface area contributed by atoms with Crippen molar-refractivity contribution in [3.8, 4) is 0 Å². The lowest BCUT2D eigenvalue weighted by atomic mass is 9.77. The highest BCUT2D eigenvalue weighted by atomic mass is 16.8. The molecule has 1 unspecified atom stereocenters. The zero-order valence-electron chi connectivity index (χ0n) is 52.8. The van der Waals surface area contributed by atoms with Gasteiger partial charge in [-0.05, 0) is 140 Å². The van der Waals surface area contributed by atoms with Crippen LogP contribution in [0, 0.1) is 17.8 Å². The lowest BCUT2D eigenvalue weighted by molar-refractivity contribution is -0.321. The number of fused-ring (bicyclic) bond motifs is 1. The third-order valence-corrected chi connectivity index (χ3v) is 17.8. The van der Waals surface area contributed by atoms with Crippen LogP contribution in [-0.4, -0.2) is 188 Å². The molecule has 5 aliphatic heterocycles. The minimum absolute atomic E-state index is 0.0582. The second kappa shape index (κ2) is 27.1. The van der Waals surface area contributed by atoms with E-state index >= 15 is 0 Å². The Morgan fingerprint density at radius 3 is 2.29 bits per heavy atom. The number of allylic oxidation sites excluding steroid dienone is 1. The van der Waals surface area contributed by atoms with E-state index in [1.54, 1.807) is 47.1 Å². The Hall–Kier alpha value is -4.75. The number of pyridine rings is 1. The number of cyclic esters (lactones) is 1. The fraction of sp³-hybridized carbons (Fsp3) is 0.758. The summed E-state index contributed by atoms with van der Waals surface area (Å²) in [6.07, 6.45) is -2.92. The first-order valence-electron chi connectivity index (χ1n) is 29.8. The summed E-state index contributed by atoms with van der Waals surface area (Å²) in [7, 11) is 7.29. The molecule has 0 radical (unpaired) electrons. The minimum atomic E-state index is -1.64. The number of hydrogen-bond donors (Lipinski definition) is 1. The quantitative estimate of drug-likeness (QED) is 0.0715. The molecule has 0 spiro atoms. The summed E-state index contributed by atoms with van der Waals surface area (Å²) in [6, 6.07) is 3.08. The number of methoxy groups -OCH3 is 1. The topological polar surface area (TPSA) is 237 Å². The van der Waals surface area contributed by atoms with E-state index in [2.05, 4.69) is 0 Å². The predicted molar refractivity (Wildman–Crippen MR) is 308 cm³/mol. The van der Waals surface area contributed by atoms with Crippen LogP contribution >= 0.6 is 0 Å². The third-order valence-electron chi connectivity index (χ3n) is 17.8. The van der Waals surface area contributed by atoms with Gasteiger partial charge < -0.3 is 76.2 Å². The van der Waals surface area contributed by atoms with E-state index in [1.807, 2.05) is 110 Å². The van der Waals surface area contributed by atoms with Gasteiger partial charge in [-0.3, -0.25) is 19.3 Å². The standard InChI is InChI=1S/C62H95N3O19/c1-19-46-62(14)53(83-58(70)84-62)38(7)64(17)31-34(3)29-60(12,71)52(82-57-51(79-40(9)66)45(63(15)16)26-35(4)77-57)36(5)50(37(6)55(68)80-46)81-47-30-61(13,72-18)54(39(8)78-47)75-25-24-73-23-21-22-41-27-42-33-76-59(10,11)65-32-44(56(69)74-20-2)49(67)43(28-41)48(42)65/h21,23,27-28,32,34-39,45-47,50-54,57,71H,19-20,22,24-26,29-31,33H2,1-18H3/b23-21+/t34-,35-,36+,37-,38-,39+,45+,46-,47+,50+,51-,52-,53?,54+,57+,60-,61-,62-/m1/s1. The molecular formula is C62H95N3O19. The summed E-state index contributed by atoms with van der Waals surface area (Å²) in [5, 5.41) is 13.5. The zero-order chi connectivity index (χ0) is 62.0. The molecule has 6 heterocycles. The Morgan fingerprint density at radius 2 is 1.63 bits per heavy atom. The number of likely N-dealkylation sites (N-methyl/N-ethyl adjacent to an activating group) is 2. The fourth-order valence-corrected chi connectivity index (χ4v) is 13.4. The number of rotatable bonds is 17. The second-order valence-electron chi connectivity index (χ2n) is 25.3. The number of hydrogen-bond acceptors (Lipinski definition) is 21. The maximum atomic E-state index is 15.0. The summed E-state index contributed by atoms with van der Waals surface area (Å²) in [5.74, 6) is -3.95. The largest absolute Gasteiger partial charge is 0.509 e. The summed E-state index contributed by atoms with van der Waals surface area (Å²) >= 11 is 0. The van der Waals surface area contributed by atoms with E-state index < -0.39 is 125 Å². The van der Waals surface area contributed by atoms with Gasteiger partial charge in [0.2, 0.25) is 5.43 Å². The van der Waals surface area contributed by atoms with Gasteiger partial charge >= 0.3 is 24.1 Å². The number of ether oxygens (including phenoxy) is 13. The first kappa shape index (κ1) is 66.8. The molecule has 0 bridgehead atoms. The number of carbonyl (C=O) groups is 4. The van der Waals surface area contributed by atoms with Gasteiger partial charge in [0.15, 0.2) is 30.4 Å². The van der Waals surface area contributed by atoms with Crippen LogP contribution in [0.1, 0.15) is 144 Å². The average molecular weight is 1190 g/mol. The molecule has 22 nitrogen and oxygen atoms in total. The Balaban J connectivity index is 1.12. The SMILES string of the molecule is CCOC(=O)c1cn2c3c(cc(C/C=C/OCCO[C@H]4[C@H](C)O[C@@H](O[C@H]5[C@H](C)[C@@H](O[C@@H]6O[C@H](C)C[C@H](N(C)C)[C@H]6OC(C)=O)[C@](C)(O)C[C@@H](C)CN(C)[C@H](C)C6OC(=O)O[C@]6(C)[C@@H](CC)OC(=O)[C@@H]5C)C[C@@]4(C)OC)cc3c1=O)COC2(C)C. The van der Waals surface area contributed by atoms with E-state index in [0.29, 0.717) is 30.3 Å². The van der Waals surface area contributed by atoms with Crippen molar-refractivity contribution in [2.75, 3.05) is 54.6 Å². The highest BCUT2D eigenvalue weighted by molar-refractivity contribution is 5.95. The summed E-state index contributed by atoms with van der Waals surface area (Å²) < 4.78 is 83.3. The lowest BCUT2D eigenvalue weighted by Crippen LogP contribution is -2.61. The number of aliphatic hydroxyl groups is 1. The molecule has 0 saturated carbocycles. The van der Waals surface area contributed by atoms with E-state index in [-0.39, 0.29) is 69.3 Å². The summed E-state index contributed by atoms with van der Waals surface area (Å²) in [6.45, 7) is 26.4. The highest BCUT2D eigenvalue weighted by Crippen LogP contribution is 2.43. The van der Waals surface area contributed by atoms with Gasteiger partial charge in [0.05, 0.1) is 79.2 Å². The monoisotopic (exact) mass is 1190 g/mol. The smallest absolute Gasteiger partial charge is 0.499 e. The van der Waals surface area contributed by atoms with Crippen molar-refractivity contribution >= 4 is 35.0 Å². The van der Waals surface area contributed by atoms with E-state index in [1.165, 1.54) is 13.1 Å². The van der Waals surface area contributed by atoms with Crippen LogP contribution in [0.3, 0.4) is 0 Å². The van der Waals surface area contributed by atoms with Crippen LogP contribution < -0.4 is 5.43 Å². The molecule has 472 valence electrons. The molecule has 1 N–H and O–H groups in total. The average Bonchev–Trinajstić information content (AvgIpc) is 0.970. The lowest BCUT2D eigenvalue weighted by Gasteiger charge is -2.49. The Labute approximate surface area is 495 Å². The molecule has 0 aliphatic carbocycles. The Morgan fingerprint density at radius 1 is 0.917 bits per heavy atom. The highest BCUT2D eigenvalue weighted by Gasteiger charge is 2.59. The molecule has 7 rings (SSSR count). The third kappa shape index (κ3) is 14.5. The van der Waals surface area contributed by atoms with Crippen LogP contribution in [0.25, 0.3) is 10.9 Å². The number of esters is 3. The minimum Gasteiger partial charge on any atom is -0.499 e. The molecule has 4 saturated heterocycles. The van der Waals surface area contributed by atoms with Gasteiger partial charge in [0.25, 0.3) is 0 Å². The number of nitrogens with zero attached hydrogens (tertiary/aromatic N) is 3. The van der Waals surface area contributed by atoms with Crippen molar-refractivity contribution in [3.05, 3.63) is 57.6 Å². The van der Waals surface area contributed by atoms with Gasteiger partial charge in [0, 0.05) is 56.1 Å².